The molecule has 0 saturated carbocycles. The molecule has 0 bridgehead atoms. The molecule has 3 aromatic rings. The van der Waals surface area contributed by atoms with Crippen LogP contribution < -0.4 is 5.32 Å². The van der Waals surface area contributed by atoms with Crippen LogP contribution in [0.25, 0.3) is 11.3 Å². The van der Waals surface area contributed by atoms with E-state index in [1.807, 2.05) is 44.2 Å². The fraction of sp³-hybridized carbons (Fsp3) is 0.118. The summed E-state index contributed by atoms with van der Waals surface area (Å²) in [6.45, 7) is 3.67. The summed E-state index contributed by atoms with van der Waals surface area (Å²) in [5.74, 6) is 0.764. The molecule has 3 rings (SSSR count). The second-order valence-corrected chi connectivity index (χ2v) is 4.96. The van der Waals surface area contributed by atoms with Crippen molar-refractivity contribution in [3.8, 4) is 11.3 Å². The van der Waals surface area contributed by atoms with Gasteiger partial charge in [-0.3, -0.25) is 4.79 Å². The first kappa shape index (κ1) is 14.0. The van der Waals surface area contributed by atoms with Crippen LogP contribution in [0, 0.1) is 13.8 Å². The molecule has 0 aliphatic rings. The van der Waals surface area contributed by atoms with Crippen molar-refractivity contribution in [2.75, 3.05) is 5.32 Å². The zero-order valence-corrected chi connectivity index (χ0v) is 12.3. The van der Waals surface area contributed by atoms with Crippen LogP contribution in [-0.4, -0.2) is 15.9 Å². The molecule has 0 saturated heterocycles. The molecule has 0 radical (unpaired) electrons. The molecule has 0 fully saturated rings. The van der Waals surface area contributed by atoms with Crippen molar-refractivity contribution in [1.82, 2.24) is 9.97 Å². The van der Waals surface area contributed by atoms with Gasteiger partial charge in [0.15, 0.2) is 5.76 Å². The van der Waals surface area contributed by atoms with Gasteiger partial charge in [-0.05, 0) is 38.1 Å². The van der Waals surface area contributed by atoms with Gasteiger partial charge in [-0.15, -0.1) is 0 Å². The van der Waals surface area contributed by atoms with Gasteiger partial charge in [0.2, 0.25) is 0 Å². The fourth-order valence-electron chi connectivity index (χ4n) is 2.17. The van der Waals surface area contributed by atoms with Crippen molar-refractivity contribution < 1.29 is 9.21 Å². The van der Waals surface area contributed by atoms with E-state index in [4.69, 9.17) is 4.42 Å². The first-order chi connectivity index (χ1) is 10.6. The number of aromatic nitrogens is 2. The lowest BCUT2D eigenvalue weighted by atomic mass is 10.1. The third kappa shape index (κ3) is 2.88. The number of benzene rings is 1. The van der Waals surface area contributed by atoms with Crippen molar-refractivity contribution in [2.45, 2.75) is 13.8 Å². The second-order valence-electron chi connectivity index (χ2n) is 4.96. The molecular weight excluding hydrogens is 278 g/mol. The maximum absolute atomic E-state index is 12.2. The Morgan fingerprint density at radius 3 is 2.77 bits per heavy atom. The Hall–Kier alpha value is -2.95. The van der Waals surface area contributed by atoms with Crippen LogP contribution in [0.2, 0.25) is 0 Å². The van der Waals surface area contributed by atoms with E-state index >= 15 is 0 Å². The number of hydrogen-bond acceptors (Lipinski definition) is 4. The van der Waals surface area contributed by atoms with E-state index in [1.54, 1.807) is 12.3 Å². The lowest BCUT2D eigenvalue weighted by Crippen LogP contribution is -2.12. The number of carbonyl (C=O) groups excluding carboxylic acids is 1. The molecule has 0 atom stereocenters. The smallest absolute Gasteiger partial charge is 0.291 e. The molecule has 22 heavy (non-hydrogen) atoms. The highest BCUT2D eigenvalue weighted by Crippen LogP contribution is 2.21. The summed E-state index contributed by atoms with van der Waals surface area (Å²) < 4.78 is 5.20. The number of carbonyl (C=O) groups is 1. The van der Waals surface area contributed by atoms with Crippen LogP contribution in [0.4, 0.5) is 5.69 Å². The molecule has 0 aliphatic carbocycles. The average Bonchev–Trinajstić information content (AvgIpc) is 2.94. The van der Waals surface area contributed by atoms with Gasteiger partial charge < -0.3 is 9.73 Å². The van der Waals surface area contributed by atoms with E-state index in [9.17, 15) is 4.79 Å². The molecule has 1 aromatic carbocycles. The topological polar surface area (TPSA) is 68.0 Å². The minimum Gasteiger partial charge on any atom is -0.459 e. The third-order valence-corrected chi connectivity index (χ3v) is 3.26. The van der Waals surface area contributed by atoms with Gasteiger partial charge in [0, 0.05) is 23.0 Å². The molecular formula is C17H15N3O2. The molecule has 2 heterocycles. The quantitative estimate of drug-likeness (QED) is 0.801. The first-order valence-electron chi connectivity index (χ1n) is 6.89. The van der Waals surface area contributed by atoms with Crippen molar-refractivity contribution in [2.24, 2.45) is 0 Å². The summed E-state index contributed by atoms with van der Waals surface area (Å²) in [5, 5.41) is 2.83. The molecule has 1 amide bonds. The van der Waals surface area contributed by atoms with E-state index in [2.05, 4.69) is 15.3 Å². The van der Waals surface area contributed by atoms with Crippen molar-refractivity contribution in [3.05, 3.63) is 66.0 Å². The molecule has 2 aromatic heterocycles. The number of furan rings is 1. The minimum atomic E-state index is -0.265. The van der Waals surface area contributed by atoms with Gasteiger partial charge in [0.25, 0.3) is 5.91 Å². The number of hydrogen-bond donors (Lipinski definition) is 1. The second kappa shape index (κ2) is 5.81. The predicted molar refractivity (Wildman–Crippen MR) is 83.6 cm³/mol. The number of nitrogens with one attached hydrogen (secondary N) is 1. The Morgan fingerprint density at radius 1 is 1.18 bits per heavy atom. The molecule has 5 nitrogen and oxygen atoms in total. The Labute approximate surface area is 128 Å². The van der Waals surface area contributed by atoms with Crippen LogP contribution in [0.5, 0.6) is 0 Å². The van der Waals surface area contributed by atoms with Gasteiger partial charge in [0.05, 0.1) is 12.0 Å². The standard InChI is InChI=1S/C17H15N3O2/c1-11-7-9-22-16(11)17(21)20-14-5-3-4-13(10-14)15-6-8-18-12(2)19-15/h3-10H,1-2H3,(H,20,21). The normalized spacial score (nSPS) is 10.5. The van der Waals surface area contributed by atoms with E-state index in [-0.39, 0.29) is 5.91 Å². The summed E-state index contributed by atoms with van der Waals surface area (Å²) in [6.07, 6.45) is 3.22. The summed E-state index contributed by atoms with van der Waals surface area (Å²) in [7, 11) is 0. The Balaban J connectivity index is 1.86. The van der Waals surface area contributed by atoms with Crippen LogP contribution in [-0.2, 0) is 0 Å². The number of amides is 1. The fourth-order valence-corrected chi connectivity index (χ4v) is 2.17. The Bertz CT molecular complexity index is 824. The highest BCUT2D eigenvalue weighted by Gasteiger charge is 2.13. The summed E-state index contributed by atoms with van der Waals surface area (Å²) in [4.78, 5) is 20.6. The van der Waals surface area contributed by atoms with Gasteiger partial charge in [-0.2, -0.15) is 0 Å². The lowest BCUT2D eigenvalue weighted by Gasteiger charge is -2.07. The van der Waals surface area contributed by atoms with Crippen molar-refractivity contribution in [3.63, 3.8) is 0 Å². The molecule has 5 heteroatoms. The predicted octanol–water partition coefficient (Wildman–Crippen LogP) is 3.61. The van der Waals surface area contributed by atoms with Crippen molar-refractivity contribution in [1.29, 1.82) is 0 Å². The van der Waals surface area contributed by atoms with Gasteiger partial charge >= 0.3 is 0 Å². The maximum Gasteiger partial charge on any atom is 0.291 e. The van der Waals surface area contributed by atoms with Crippen molar-refractivity contribution >= 4 is 11.6 Å². The summed E-state index contributed by atoms with van der Waals surface area (Å²) in [6, 6.07) is 11.1. The molecule has 110 valence electrons. The number of rotatable bonds is 3. The molecule has 0 unspecified atom stereocenters. The third-order valence-electron chi connectivity index (χ3n) is 3.26. The summed E-state index contributed by atoms with van der Waals surface area (Å²) in [5.41, 5.74) is 3.23. The van der Waals surface area contributed by atoms with Gasteiger partial charge in [-0.1, -0.05) is 12.1 Å². The lowest BCUT2D eigenvalue weighted by molar-refractivity contribution is 0.0996. The average molecular weight is 293 g/mol. The summed E-state index contributed by atoms with van der Waals surface area (Å²) >= 11 is 0. The number of nitrogens with zero attached hydrogens (tertiary/aromatic N) is 2. The molecule has 0 aliphatic heterocycles. The minimum absolute atomic E-state index is 0.265. The van der Waals surface area contributed by atoms with Gasteiger partial charge in [-0.25, -0.2) is 9.97 Å². The zero-order chi connectivity index (χ0) is 15.5. The van der Waals surface area contributed by atoms with Crippen LogP contribution in [0.1, 0.15) is 21.9 Å². The van der Waals surface area contributed by atoms with Crippen LogP contribution in [0.3, 0.4) is 0 Å². The van der Waals surface area contributed by atoms with Crippen LogP contribution in [0.15, 0.2) is 53.3 Å². The SMILES string of the molecule is Cc1nccc(-c2cccc(NC(=O)c3occc3C)c2)n1. The number of aryl methyl sites for hydroxylation is 2. The highest BCUT2D eigenvalue weighted by molar-refractivity contribution is 6.03. The van der Waals surface area contributed by atoms with E-state index in [0.29, 0.717) is 17.3 Å². The zero-order valence-electron chi connectivity index (χ0n) is 12.3. The van der Waals surface area contributed by atoms with E-state index in [1.165, 1.54) is 6.26 Å². The van der Waals surface area contributed by atoms with E-state index in [0.717, 1.165) is 16.8 Å². The first-order valence-corrected chi connectivity index (χ1v) is 6.89. The number of anilines is 1. The Morgan fingerprint density at radius 2 is 2.05 bits per heavy atom. The Kier molecular flexibility index (Phi) is 3.70. The monoisotopic (exact) mass is 293 g/mol. The van der Waals surface area contributed by atoms with E-state index < -0.39 is 0 Å². The molecule has 1 N–H and O–H groups in total. The van der Waals surface area contributed by atoms with Gasteiger partial charge in [0.1, 0.15) is 5.82 Å². The maximum atomic E-state index is 12.2. The highest BCUT2D eigenvalue weighted by atomic mass is 16.3. The largest absolute Gasteiger partial charge is 0.459 e. The molecule has 0 spiro atoms. The van der Waals surface area contributed by atoms with Crippen LogP contribution >= 0.6 is 0 Å².